The van der Waals surface area contributed by atoms with Gasteiger partial charge in [-0.3, -0.25) is 0 Å². The number of benzene rings is 1. The molecule has 0 radical (unpaired) electrons. The Bertz CT molecular complexity index is 214. The highest BCUT2D eigenvalue weighted by Gasteiger charge is 2.00. The van der Waals surface area contributed by atoms with E-state index < -0.39 is 0 Å². The molecule has 12 heavy (non-hydrogen) atoms. The largest absolute Gasteiger partial charge is 0.198 e. The van der Waals surface area contributed by atoms with Crippen LogP contribution in [0.3, 0.4) is 0 Å². The molecule has 66 valence electrons. The molecular formula is C12H17-. The molecule has 0 aromatic heterocycles. The fourth-order valence-electron chi connectivity index (χ4n) is 1.58. The van der Waals surface area contributed by atoms with Crippen LogP contribution in [0.15, 0.2) is 0 Å². The molecule has 0 fully saturated rings. The summed E-state index contributed by atoms with van der Waals surface area (Å²) in [5.74, 6) is 0. The minimum atomic E-state index is 1.20. The molecule has 0 saturated heterocycles. The molecule has 0 saturated carbocycles. The normalized spacial score (nSPS) is 10.4. The first-order chi connectivity index (χ1) is 5.46. The standard InChI is InChI=1S/C12H17/c1-7-8(2)10(4)12(6)11(5)9(7)3/h1H2,2-6H3/q-1. The first-order valence-corrected chi connectivity index (χ1v) is 4.35. The minimum absolute atomic E-state index is 1.20. The lowest BCUT2D eigenvalue weighted by Gasteiger charge is -2.23. The van der Waals surface area contributed by atoms with E-state index >= 15 is 0 Å². The Labute approximate surface area is 75.6 Å². The molecule has 0 unspecified atom stereocenters. The van der Waals surface area contributed by atoms with Crippen molar-refractivity contribution in [3.8, 4) is 0 Å². The van der Waals surface area contributed by atoms with Crippen molar-refractivity contribution in [1.29, 1.82) is 0 Å². The third kappa shape index (κ3) is 1.12. The van der Waals surface area contributed by atoms with Crippen molar-refractivity contribution in [3.63, 3.8) is 0 Å². The van der Waals surface area contributed by atoms with Gasteiger partial charge in [0, 0.05) is 0 Å². The van der Waals surface area contributed by atoms with Crippen molar-refractivity contribution in [2.45, 2.75) is 34.6 Å². The van der Waals surface area contributed by atoms with Crippen molar-refractivity contribution in [2.75, 3.05) is 0 Å². The third-order valence-corrected chi connectivity index (χ3v) is 3.16. The maximum Gasteiger partial charge on any atom is -0.0413 e. The summed E-state index contributed by atoms with van der Waals surface area (Å²) in [6, 6.07) is 0. The summed E-state index contributed by atoms with van der Waals surface area (Å²) < 4.78 is 0. The van der Waals surface area contributed by atoms with Crippen LogP contribution in [0.2, 0.25) is 0 Å². The Morgan fingerprint density at radius 2 is 0.833 bits per heavy atom. The molecule has 0 bridgehead atoms. The van der Waals surface area contributed by atoms with Gasteiger partial charge in [0.25, 0.3) is 0 Å². The highest BCUT2D eigenvalue weighted by Crippen LogP contribution is 2.24. The van der Waals surface area contributed by atoms with Crippen molar-refractivity contribution < 1.29 is 0 Å². The van der Waals surface area contributed by atoms with Gasteiger partial charge in [-0.15, -0.1) is 22.3 Å². The predicted octanol–water partition coefficient (Wildman–Crippen LogP) is 3.41. The van der Waals surface area contributed by atoms with E-state index in [1.54, 1.807) is 0 Å². The van der Waals surface area contributed by atoms with Gasteiger partial charge in [0.05, 0.1) is 0 Å². The summed E-state index contributed by atoms with van der Waals surface area (Å²) in [4.78, 5) is 0. The van der Waals surface area contributed by atoms with Crippen LogP contribution in [-0.2, 0) is 0 Å². The van der Waals surface area contributed by atoms with Crippen LogP contribution in [0.25, 0.3) is 0 Å². The Morgan fingerprint density at radius 1 is 0.583 bits per heavy atom. The summed E-state index contributed by atoms with van der Waals surface area (Å²) in [6.45, 7) is 14.9. The lowest BCUT2D eigenvalue weighted by atomic mass is 9.90. The lowest BCUT2D eigenvalue weighted by molar-refractivity contribution is 1.15. The van der Waals surface area contributed by atoms with Gasteiger partial charge in [-0.1, -0.05) is 33.3 Å². The zero-order valence-electron chi connectivity index (χ0n) is 8.71. The monoisotopic (exact) mass is 161 g/mol. The van der Waals surface area contributed by atoms with Crippen molar-refractivity contribution in [2.24, 2.45) is 0 Å². The molecule has 0 heteroatoms. The van der Waals surface area contributed by atoms with Gasteiger partial charge in [-0.05, 0) is 6.92 Å². The molecular weight excluding hydrogens is 144 g/mol. The Morgan fingerprint density at radius 3 is 1.17 bits per heavy atom. The van der Waals surface area contributed by atoms with E-state index in [9.17, 15) is 0 Å². The second-order valence-corrected chi connectivity index (χ2v) is 3.60. The molecule has 0 N–H and O–H groups in total. The molecule has 1 rings (SSSR count). The van der Waals surface area contributed by atoms with Gasteiger partial charge >= 0.3 is 0 Å². The van der Waals surface area contributed by atoms with E-state index in [0.717, 1.165) is 0 Å². The zero-order valence-corrected chi connectivity index (χ0v) is 8.71. The lowest BCUT2D eigenvalue weighted by Crippen LogP contribution is -1.98. The Hall–Kier alpha value is -0.910. The van der Waals surface area contributed by atoms with Crippen LogP contribution in [0.1, 0.15) is 33.4 Å². The minimum Gasteiger partial charge on any atom is -0.198 e. The molecule has 1 aromatic carbocycles. The van der Waals surface area contributed by atoms with Crippen LogP contribution in [0.4, 0.5) is 0 Å². The molecule has 0 amide bonds. The van der Waals surface area contributed by atoms with E-state index in [-0.39, 0.29) is 0 Å². The zero-order chi connectivity index (χ0) is 9.46. The molecule has 1 aromatic rings. The average Bonchev–Trinajstić information content (AvgIpc) is 2.08. The van der Waals surface area contributed by atoms with E-state index in [4.69, 9.17) is 0 Å². The summed E-state index contributed by atoms with van der Waals surface area (Å²) in [5.41, 5.74) is 8.09. The fraction of sp³-hybridized carbons (Fsp3) is 0.417. The number of rotatable bonds is 0. The maximum atomic E-state index is 4.08. The highest BCUT2D eigenvalue weighted by atomic mass is 14.1. The van der Waals surface area contributed by atoms with Gasteiger partial charge in [0.1, 0.15) is 0 Å². The van der Waals surface area contributed by atoms with E-state index in [0.29, 0.717) is 0 Å². The molecule has 0 aliphatic heterocycles. The summed E-state index contributed by atoms with van der Waals surface area (Å²) in [5, 5.41) is 0. The Balaban J connectivity index is 3.60. The van der Waals surface area contributed by atoms with Crippen molar-refractivity contribution in [1.82, 2.24) is 0 Å². The first kappa shape index (κ1) is 9.18. The summed E-state index contributed by atoms with van der Waals surface area (Å²) in [6.07, 6.45) is 0. The summed E-state index contributed by atoms with van der Waals surface area (Å²) >= 11 is 0. The molecule has 0 atom stereocenters. The maximum absolute atomic E-state index is 4.08. The SMILES string of the molecule is [CH2-]c1c(C)c(C)c(C)c(C)c1C. The van der Waals surface area contributed by atoms with Crippen LogP contribution < -0.4 is 0 Å². The second-order valence-electron chi connectivity index (χ2n) is 3.60. The average molecular weight is 161 g/mol. The fourth-order valence-corrected chi connectivity index (χ4v) is 1.58. The molecule has 0 heterocycles. The number of hydrogen-bond donors (Lipinski definition) is 0. The van der Waals surface area contributed by atoms with E-state index in [1.165, 1.54) is 33.4 Å². The molecule has 0 nitrogen and oxygen atoms in total. The van der Waals surface area contributed by atoms with Crippen molar-refractivity contribution >= 4 is 0 Å². The van der Waals surface area contributed by atoms with Crippen LogP contribution >= 0.6 is 0 Å². The molecule has 0 aliphatic carbocycles. The van der Waals surface area contributed by atoms with E-state index in [1.807, 2.05) is 0 Å². The van der Waals surface area contributed by atoms with Gasteiger partial charge in [-0.25, -0.2) is 0 Å². The van der Waals surface area contributed by atoms with Gasteiger partial charge in [-0.2, -0.15) is 12.5 Å². The van der Waals surface area contributed by atoms with Crippen LogP contribution in [0, 0.1) is 41.5 Å². The smallest absolute Gasteiger partial charge is 0.0413 e. The number of hydrogen-bond acceptors (Lipinski definition) is 0. The van der Waals surface area contributed by atoms with Crippen LogP contribution in [-0.4, -0.2) is 0 Å². The summed E-state index contributed by atoms with van der Waals surface area (Å²) in [7, 11) is 0. The second kappa shape index (κ2) is 2.85. The third-order valence-electron chi connectivity index (χ3n) is 3.16. The quantitative estimate of drug-likeness (QED) is 0.511. The predicted molar refractivity (Wildman–Crippen MR) is 54.6 cm³/mol. The highest BCUT2D eigenvalue weighted by molar-refractivity contribution is 5.50. The van der Waals surface area contributed by atoms with Crippen molar-refractivity contribution in [3.05, 3.63) is 40.3 Å². The first-order valence-electron chi connectivity index (χ1n) is 4.35. The molecule has 0 spiro atoms. The molecule has 0 aliphatic rings. The van der Waals surface area contributed by atoms with Gasteiger partial charge in [0.2, 0.25) is 0 Å². The van der Waals surface area contributed by atoms with Gasteiger partial charge in [0.15, 0.2) is 0 Å². The van der Waals surface area contributed by atoms with E-state index in [2.05, 4.69) is 41.5 Å². The Kier molecular flexibility index (Phi) is 2.18. The topological polar surface area (TPSA) is 0 Å². The van der Waals surface area contributed by atoms with Gasteiger partial charge < -0.3 is 0 Å². The van der Waals surface area contributed by atoms with Crippen LogP contribution in [0.5, 0.6) is 0 Å².